The fourth-order valence-electron chi connectivity index (χ4n) is 3.24. The molecule has 2 aliphatic rings. The Morgan fingerprint density at radius 3 is 2.52 bits per heavy atom. The minimum Gasteiger partial charge on any atom is -0.384 e. The van der Waals surface area contributed by atoms with Crippen LogP contribution < -0.4 is 10.6 Å². The smallest absolute Gasteiger partial charge is 0.228 e. The topological polar surface area (TPSA) is 50.4 Å². The summed E-state index contributed by atoms with van der Waals surface area (Å²) in [6, 6.07) is 10.5. The van der Waals surface area contributed by atoms with Crippen LogP contribution in [-0.4, -0.2) is 44.0 Å². The molecule has 1 saturated carbocycles. The zero-order valence-electron chi connectivity index (χ0n) is 13.8. The molecule has 0 unspecified atom stereocenters. The minimum atomic E-state index is -0.354. The molecule has 0 aromatic heterocycles. The second-order valence-corrected chi connectivity index (χ2v) is 8.29. The van der Waals surface area contributed by atoms with Crippen LogP contribution >= 0.6 is 11.8 Å². The van der Waals surface area contributed by atoms with Gasteiger partial charge in [0, 0.05) is 23.3 Å². The fourth-order valence-corrected chi connectivity index (χ4v) is 4.48. The summed E-state index contributed by atoms with van der Waals surface area (Å²) < 4.78 is 5.55. The molecule has 1 saturated heterocycles. The summed E-state index contributed by atoms with van der Waals surface area (Å²) >= 11 is 1.90. The molecule has 23 heavy (non-hydrogen) atoms. The molecule has 0 spiro atoms. The van der Waals surface area contributed by atoms with Crippen molar-refractivity contribution in [1.29, 1.82) is 0 Å². The summed E-state index contributed by atoms with van der Waals surface area (Å²) in [7, 11) is 1.69. The third-order valence-corrected chi connectivity index (χ3v) is 6.41. The third-order valence-electron chi connectivity index (χ3n) is 4.92. The van der Waals surface area contributed by atoms with Gasteiger partial charge in [-0.2, -0.15) is 0 Å². The van der Waals surface area contributed by atoms with Gasteiger partial charge in [-0.15, -0.1) is 11.8 Å². The lowest BCUT2D eigenvalue weighted by Gasteiger charge is -2.36. The minimum absolute atomic E-state index is 0.167. The first kappa shape index (κ1) is 16.8. The normalized spacial score (nSPS) is 21.6. The van der Waals surface area contributed by atoms with E-state index in [1.54, 1.807) is 7.11 Å². The number of hydrogen-bond acceptors (Lipinski definition) is 4. The van der Waals surface area contributed by atoms with Crippen molar-refractivity contribution < 1.29 is 9.53 Å². The van der Waals surface area contributed by atoms with Crippen LogP contribution in [-0.2, 0) is 9.53 Å². The summed E-state index contributed by atoms with van der Waals surface area (Å²) in [5, 5.41) is 6.56. The molecule has 126 valence electrons. The van der Waals surface area contributed by atoms with Gasteiger partial charge in [0.25, 0.3) is 0 Å². The van der Waals surface area contributed by atoms with Crippen LogP contribution in [0, 0.1) is 5.41 Å². The van der Waals surface area contributed by atoms with E-state index in [-0.39, 0.29) is 16.1 Å². The fraction of sp³-hybridized carbons (Fsp3) is 0.611. The Labute approximate surface area is 142 Å². The van der Waals surface area contributed by atoms with Gasteiger partial charge in [0.15, 0.2) is 0 Å². The van der Waals surface area contributed by atoms with Crippen LogP contribution in [0.1, 0.15) is 25.7 Å². The Kier molecular flexibility index (Phi) is 5.29. The third kappa shape index (κ3) is 4.08. The molecule has 5 heteroatoms. The SMILES string of the molecule is COCC1(C(=O)NCC2(Sc3ccccc3)CC2)CCNCC1. The number of thioether (sulfide) groups is 1. The highest BCUT2D eigenvalue weighted by molar-refractivity contribution is 8.01. The van der Waals surface area contributed by atoms with Crippen LogP contribution in [0.3, 0.4) is 0 Å². The van der Waals surface area contributed by atoms with E-state index in [2.05, 4.69) is 34.9 Å². The number of carbonyl (C=O) groups is 1. The van der Waals surface area contributed by atoms with Crippen molar-refractivity contribution in [1.82, 2.24) is 10.6 Å². The zero-order chi connectivity index (χ0) is 16.2. The summed E-state index contributed by atoms with van der Waals surface area (Å²) in [6.07, 6.45) is 4.05. The monoisotopic (exact) mass is 334 g/mol. The number of benzene rings is 1. The predicted molar refractivity (Wildman–Crippen MR) is 93.7 cm³/mol. The lowest BCUT2D eigenvalue weighted by Crippen LogP contribution is -2.51. The second kappa shape index (κ2) is 7.24. The standard InChI is InChI=1S/C18H26N2O2S/c1-22-14-17(9-11-19-12-10-17)16(21)20-13-18(7-8-18)23-15-5-3-2-4-6-15/h2-6,19H,7-14H2,1H3,(H,20,21). The van der Waals surface area contributed by atoms with Crippen molar-refractivity contribution in [2.45, 2.75) is 35.3 Å². The molecular weight excluding hydrogens is 308 g/mol. The van der Waals surface area contributed by atoms with E-state index < -0.39 is 0 Å². The molecule has 1 aliphatic heterocycles. The first-order chi connectivity index (χ1) is 11.2. The summed E-state index contributed by atoms with van der Waals surface area (Å²) in [6.45, 7) is 3.05. The number of methoxy groups -OCH3 is 1. The molecule has 2 N–H and O–H groups in total. The van der Waals surface area contributed by atoms with Crippen LogP contribution in [0.15, 0.2) is 35.2 Å². The second-order valence-electron chi connectivity index (χ2n) is 6.74. The van der Waals surface area contributed by atoms with E-state index in [0.29, 0.717) is 6.61 Å². The van der Waals surface area contributed by atoms with Gasteiger partial charge in [-0.05, 0) is 50.9 Å². The molecule has 1 aliphatic carbocycles. The number of rotatable bonds is 7. The average molecular weight is 334 g/mol. The zero-order valence-corrected chi connectivity index (χ0v) is 14.6. The number of ether oxygens (including phenoxy) is 1. The average Bonchev–Trinajstić information content (AvgIpc) is 3.34. The van der Waals surface area contributed by atoms with Crippen molar-refractivity contribution >= 4 is 17.7 Å². The quantitative estimate of drug-likeness (QED) is 0.804. The van der Waals surface area contributed by atoms with Crippen LogP contribution in [0.25, 0.3) is 0 Å². The molecule has 0 atom stereocenters. The largest absolute Gasteiger partial charge is 0.384 e. The molecule has 2 fully saturated rings. The highest BCUT2D eigenvalue weighted by Gasteiger charge is 2.46. The van der Waals surface area contributed by atoms with E-state index in [1.807, 2.05) is 17.8 Å². The van der Waals surface area contributed by atoms with Crippen molar-refractivity contribution in [3.05, 3.63) is 30.3 Å². The predicted octanol–water partition coefficient (Wildman–Crippen LogP) is 2.44. The van der Waals surface area contributed by atoms with Crippen molar-refractivity contribution in [3.63, 3.8) is 0 Å². The maximum atomic E-state index is 12.8. The highest BCUT2D eigenvalue weighted by Crippen LogP contribution is 2.51. The van der Waals surface area contributed by atoms with Gasteiger partial charge in [-0.25, -0.2) is 0 Å². The number of amides is 1. The summed E-state index contributed by atoms with van der Waals surface area (Å²) in [4.78, 5) is 14.1. The molecular formula is C18H26N2O2S. The van der Waals surface area contributed by atoms with Gasteiger partial charge < -0.3 is 15.4 Å². The number of carbonyl (C=O) groups excluding carboxylic acids is 1. The van der Waals surface area contributed by atoms with Gasteiger partial charge in [-0.3, -0.25) is 4.79 Å². The van der Waals surface area contributed by atoms with Gasteiger partial charge >= 0.3 is 0 Å². The van der Waals surface area contributed by atoms with E-state index in [9.17, 15) is 4.79 Å². The molecule has 1 heterocycles. The van der Waals surface area contributed by atoms with Crippen molar-refractivity contribution in [2.24, 2.45) is 5.41 Å². The van der Waals surface area contributed by atoms with E-state index >= 15 is 0 Å². The first-order valence-electron chi connectivity index (χ1n) is 8.40. The van der Waals surface area contributed by atoms with E-state index in [4.69, 9.17) is 4.74 Å². The van der Waals surface area contributed by atoms with Crippen LogP contribution in [0.2, 0.25) is 0 Å². The van der Waals surface area contributed by atoms with Crippen LogP contribution in [0.4, 0.5) is 0 Å². The molecule has 4 nitrogen and oxygen atoms in total. The van der Waals surface area contributed by atoms with Gasteiger partial charge in [0.2, 0.25) is 5.91 Å². The van der Waals surface area contributed by atoms with Crippen LogP contribution in [0.5, 0.6) is 0 Å². The maximum Gasteiger partial charge on any atom is 0.228 e. The van der Waals surface area contributed by atoms with Gasteiger partial charge in [-0.1, -0.05) is 18.2 Å². The van der Waals surface area contributed by atoms with Crippen molar-refractivity contribution in [2.75, 3.05) is 33.4 Å². The maximum absolute atomic E-state index is 12.8. The van der Waals surface area contributed by atoms with Crippen molar-refractivity contribution in [3.8, 4) is 0 Å². The highest BCUT2D eigenvalue weighted by atomic mass is 32.2. The molecule has 0 bridgehead atoms. The Morgan fingerprint density at radius 1 is 1.22 bits per heavy atom. The Balaban J connectivity index is 1.57. The molecule has 1 aromatic rings. The number of piperidine rings is 1. The molecule has 1 amide bonds. The Morgan fingerprint density at radius 2 is 1.91 bits per heavy atom. The number of nitrogens with one attached hydrogen (secondary N) is 2. The Hall–Kier alpha value is -1.04. The first-order valence-corrected chi connectivity index (χ1v) is 9.22. The number of hydrogen-bond donors (Lipinski definition) is 2. The lowest BCUT2D eigenvalue weighted by atomic mass is 9.78. The molecule has 1 aromatic carbocycles. The van der Waals surface area contributed by atoms with Gasteiger partial charge in [0.1, 0.15) is 0 Å². The molecule has 3 rings (SSSR count). The van der Waals surface area contributed by atoms with E-state index in [1.165, 1.54) is 17.7 Å². The van der Waals surface area contributed by atoms with E-state index in [0.717, 1.165) is 32.5 Å². The molecule has 0 radical (unpaired) electrons. The lowest BCUT2D eigenvalue weighted by molar-refractivity contribution is -0.136. The van der Waals surface area contributed by atoms with Gasteiger partial charge in [0.05, 0.1) is 12.0 Å². The summed E-state index contributed by atoms with van der Waals surface area (Å²) in [5.74, 6) is 0.167. The Bertz CT molecular complexity index is 520. The summed E-state index contributed by atoms with van der Waals surface area (Å²) in [5.41, 5.74) is -0.354.